The number of rotatable bonds is 3. The third kappa shape index (κ3) is 3.35. The second-order valence-electron chi connectivity index (χ2n) is 4.51. The zero-order chi connectivity index (χ0) is 14.5. The minimum Gasteiger partial charge on any atom is -0.297 e. The second-order valence-corrected chi connectivity index (χ2v) is 5.45. The Morgan fingerprint density at radius 3 is 2.24 bits per heavy atom. The molecule has 0 saturated carbocycles. The van der Waals surface area contributed by atoms with Crippen molar-refractivity contribution >= 4 is 23.2 Å². The van der Waals surface area contributed by atoms with Crippen LogP contribution in [0.15, 0.2) is 70.4 Å². The maximum atomic E-state index is 11.9. The number of aromatic amines is 2. The molecule has 1 heterocycles. The van der Waals surface area contributed by atoms with E-state index in [2.05, 4.69) is 10.2 Å². The predicted octanol–water partition coefficient (Wildman–Crippen LogP) is 2.06. The van der Waals surface area contributed by atoms with E-state index in [-0.39, 0.29) is 5.56 Å². The highest BCUT2D eigenvalue weighted by atomic mass is 32.2. The summed E-state index contributed by atoms with van der Waals surface area (Å²) in [5, 5.41) is 8.94. The zero-order valence-corrected chi connectivity index (χ0v) is 12.1. The van der Waals surface area contributed by atoms with Crippen molar-refractivity contribution in [3.63, 3.8) is 0 Å². The summed E-state index contributed by atoms with van der Waals surface area (Å²) < 4.78 is 0. The number of hydrogen-bond donors (Lipinski definition) is 2. The van der Waals surface area contributed by atoms with Gasteiger partial charge in [0.1, 0.15) is 0 Å². The first-order valence-corrected chi connectivity index (χ1v) is 7.46. The maximum Gasteiger partial charge on any atom is 0.271 e. The van der Waals surface area contributed by atoms with Crippen molar-refractivity contribution < 1.29 is 0 Å². The van der Waals surface area contributed by atoms with E-state index in [0.29, 0.717) is 5.22 Å². The number of H-pyrrole nitrogens is 2. The standard InChI is InChI=1S/C17H14N2OS/c20-17-15(11-13-7-3-1-4-8-13)16(18-19-17)12-21-14-9-5-2-6-10-14/h1-12,18H,(H,19,20)/b15-11-,16-12-. The van der Waals surface area contributed by atoms with Gasteiger partial charge in [-0.3, -0.25) is 15.0 Å². The summed E-state index contributed by atoms with van der Waals surface area (Å²) in [6, 6.07) is 19.8. The van der Waals surface area contributed by atoms with Crippen LogP contribution in [-0.4, -0.2) is 10.2 Å². The molecule has 0 atom stereocenters. The Morgan fingerprint density at radius 1 is 0.857 bits per heavy atom. The Kier molecular flexibility index (Phi) is 4.07. The van der Waals surface area contributed by atoms with Crippen molar-refractivity contribution in [1.82, 2.24) is 10.2 Å². The van der Waals surface area contributed by atoms with Gasteiger partial charge in [0.05, 0.1) is 10.6 Å². The first-order chi connectivity index (χ1) is 10.3. The van der Waals surface area contributed by atoms with Crippen LogP contribution in [0.25, 0.3) is 11.5 Å². The highest BCUT2D eigenvalue weighted by molar-refractivity contribution is 8.06. The quantitative estimate of drug-likeness (QED) is 0.727. The molecule has 3 nitrogen and oxygen atoms in total. The molecule has 104 valence electrons. The van der Waals surface area contributed by atoms with E-state index in [0.717, 1.165) is 15.8 Å². The molecule has 2 N–H and O–H groups in total. The number of nitrogens with one attached hydrogen (secondary N) is 2. The smallest absolute Gasteiger partial charge is 0.271 e. The Labute approximate surface area is 126 Å². The molecule has 1 aromatic heterocycles. The van der Waals surface area contributed by atoms with Crippen LogP contribution >= 0.6 is 11.8 Å². The molecule has 0 amide bonds. The highest BCUT2D eigenvalue weighted by Crippen LogP contribution is 2.17. The van der Waals surface area contributed by atoms with E-state index in [1.54, 1.807) is 11.8 Å². The molecule has 3 rings (SSSR count). The monoisotopic (exact) mass is 294 g/mol. The SMILES string of the molecule is O=c1[nH][nH]c(=C\Sc2ccccc2)/c1=C/c1ccccc1. The summed E-state index contributed by atoms with van der Waals surface area (Å²) in [4.78, 5) is 13.0. The molecular formula is C17H14N2OS. The van der Waals surface area contributed by atoms with Gasteiger partial charge in [-0.15, -0.1) is 0 Å². The van der Waals surface area contributed by atoms with Crippen molar-refractivity contribution in [2.45, 2.75) is 4.90 Å². The molecule has 0 bridgehead atoms. The molecule has 0 aliphatic carbocycles. The Morgan fingerprint density at radius 2 is 1.52 bits per heavy atom. The maximum absolute atomic E-state index is 11.9. The van der Waals surface area contributed by atoms with Crippen LogP contribution < -0.4 is 16.1 Å². The molecule has 0 saturated heterocycles. The predicted molar refractivity (Wildman–Crippen MR) is 87.4 cm³/mol. The van der Waals surface area contributed by atoms with Gasteiger partial charge in [0, 0.05) is 10.3 Å². The third-order valence-electron chi connectivity index (χ3n) is 3.01. The van der Waals surface area contributed by atoms with Gasteiger partial charge in [-0.25, -0.2) is 0 Å². The molecule has 0 fully saturated rings. The van der Waals surface area contributed by atoms with E-state index in [1.807, 2.05) is 72.1 Å². The van der Waals surface area contributed by atoms with Crippen LogP contribution in [0.4, 0.5) is 0 Å². The van der Waals surface area contributed by atoms with E-state index >= 15 is 0 Å². The van der Waals surface area contributed by atoms with E-state index in [4.69, 9.17) is 0 Å². The van der Waals surface area contributed by atoms with Crippen LogP contribution in [-0.2, 0) is 0 Å². The number of aromatic nitrogens is 2. The van der Waals surface area contributed by atoms with Gasteiger partial charge < -0.3 is 0 Å². The Hall–Kier alpha value is -2.46. The average Bonchev–Trinajstić information content (AvgIpc) is 2.88. The van der Waals surface area contributed by atoms with Crippen LogP contribution in [0.5, 0.6) is 0 Å². The molecule has 2 aromatic carbocycles. The molecule has 0 aliphatic heterocycles. The lowest BCUT2D eigenvalue weighted by molar-refractivity contribution is 1.04. The molecule has 21 heavy (non-hydrogen) atoms. The van der Waals surface area contributed by atoms with E-state index < -0.39 is 0 Å². The first-order valence-electron chi connectivity index (χ1n) is 6.58. The van der Waals surface area contributed by atoms with E-state index in [1.165, 1.54) is 0 Å². The molecule has 0 spiro atoms. The summed E-state index contributed by atoms with van der Waals surface area (Å²) in [6.45, 7) is 0. The minimum absolute atomic E-state index is 0.112. The normalized spacial score (nSPS) is 12.8. The minimum atomic E-state index is -0.112. The lowest BCUT2D eigenvalue weighted by atomic mass is 10.2. The zero-order valence-electron chi connectivity index (χ0n) is 11.2. The lowest BCUT2D eigenvalue weighted by Gasteiger charge is -1.93. The molecule has 3 aromatic rings. The first kappa shape index (κ1) is 13.5. The van der Waals surface area contributed by atoms with Gasteiger partial charge in [0.2, 0.25) is 0 Å². The van der Waals surface area contributed by atoms with Crippen LogP contribution in [0, 0.1) is 0 Å². The van der Waals surface area contributed by atoms with Crippen molar-refractivity contribution in [1.29, 1.82) is 0 Å². The highest BCUT2D eigenvalue weighted by Gasteiger charge is 1.96. The van der Waals surface area contributed by atoms with E-state index in [9.17, 15) is 4.79 Å². The van der Waals surface area contributed by atoms with Gasteiger partial charge in [-0.1, -0.05) is 60.3 Å². The topological polar surface area (TPSA) is 48.6 Å². The van der Waals surface area contributed by atoms with Gasteiger partial charge in [-0.2, -0.15) is 0 Å². The molecule has 0 radical (unpaired) electrons. The van der Waals surface area contributed by atoms with Crippen LogP contribution in [0.1, 0.15) is 5.56 Å². The Balaban J connectivity index is 2.02. The molecule has 0 unspecified atom stereocenters. The molecule has 4 heteroatoms. The Bertz CT molecular complexity index is 880. The number of hydrogen-bond acceptors (Lipinski definition) is 2. The second kappa shape index (κ2) is 6.33. The summed E-state index contributed by atoms with van der Waals surface area (Å²) >= 11 is 1.58. The average molecular weight is 294 g/mol. The fourth-order valence-corrected chi connectivity index (χ4v) is 2.71. The molecule has 0 aliphatic rings. The fraction of sp³-hybridized carbons (Fsp3) is 0. The summed E-state index contributed by atoms with van der Waals surface area (Å²) in [5.41, 5.74) is 0.890. The van der Waals surface area contributed by atoms with Crippen LogP contribution in [0.2, 0.25) is 0 Å². The fourth-order valence-electron chi connectivity index (χ4n) is 1.96. The van der Waals surface area contributed by atoms with Crippen molar-refractivity contribution in [2.75, 3.05) is 0 Å². The van der Waals surface area contributed by atoms with Gasteiger partial charge in [0.15, 0.2) is 0 Å². The van der Waals surface area contributed by atoms with Crippen molar-refractivity contribution in [3.05, 3.63) is 87.1 Å². The summed E-state index contributed by atoms with van der Waals surface area (Å²) in [7, 11) is 0. The number of benzene rings is 2. The summed E-state index contributed by atoms with van der Waals surface area (Å²) in [5.74, 6) is 0. The van der Waals surface area contributed by atoms with Gasteiger partial charge >= 0.3 is 0 Å². The van der Waals surface area contributed by atoms with Crippen molar-refractivity contribution in [3.8, 4) is 0 Å². The van der Waals surface area contributed by atoms with Gasteiger partial charge in [-0.05, 0) is 23.8 Å². The number of thioether (sulfide) groups is 1. The van der Waals surface area contributed by atoms with Gasteiger partial charge in [0.25, 0.3) is 5.56 Å². The van der Waals surface area contributed by atoms with Crippen LogP contribution in [0.3, 0.4) is 0 Å². The lowest BCUT2D eigenvalue weighted by Crippen LogP contribution is -2.32. The van der Waals surface area contributed by atoms with Crippen molar-refractivity contribution in [2.24, 2.45) is 0 Å². The summed E-state index contributed by atoms with van der Waals surface area (Å²) in [6.07, 6.45) is 1.88. The third-order valence-corrected chi connectivity index (χ3v) is 3.91. The largest absolute Gasteiger partial charge is 0.297 e. The molecular weight excluding hydrogens is 280 g/mol.